The highest BCUT2D eigenvalue weighted by Crippen LogP contribution is 2.21. The Morgan fingerprint density at radius 1 is 1.38 bits per heavy atom. The first-order chi connectivity index (χ1) is 11.1. The van der Waals surface area contributed by atoms with Crippen LogP contribution in [0, 0.1) is 15.5 Å². The van der Waals surface area contributed by atoms with Crippen molar-refractivity contribution >= 4 is 17.3 Å². The number of benzene rings is 1. The van der Waals surface area contributed by atoms with E-state index in [4.69, 9.17) is 0 Å². The number of nitrogens with one attached hydrogen (secondary N) is 2. The molecule has 2 atom stereocenters. The number of aliphatic hydroxyl groups is 1. The molecule has 0 aliphatic heterocycles. The van der Waals surface area contributed by atoms with Gasteiger partial charge in [-0.25, -0.2) is 0 Å². The van der Waals surface area contributed by atoms with Crippen LogP contribution in [-0.2, 0) is 4.79 Å². The maximum absolute atomic E-state index is 12.1. The van der Waals surface area contributed by atoms with E-state index in [2.05, 4.69) is 31.4 Å². The van der Waals surface area contributed by atoms with Crippen molar-refractivity contribution in [2.45, 2.75) is 52.6 Å². The molecule has 2 unspecified atom stereocenters. The zero-order valence-corrected chi connectivity index (χ0v) is 14.7. The van der Waals surface area contributed by atoms with Crippen LogP contribution in [0.1, 0.15) is 40.5 Å². The van der Waals surface area contributed by atoms with E-state index in [0.29, 0.717) is 5.69 Å². The molecule has 1 aromatic rings. The second-order valence-electron chi connectivity index (χ2n) is 7.27. The van der Waals surface area contributed by atoms with Gasteiger partial charge in [-0.3, -0.25) is 14.9 Å². The molecular weight excluding hydrogens is 310 g/mol. The second kappa shape index (κ2) is 8.75. The van der Waals surface area contributed by atoms with Gasteiger partial charge in [0.1, 0.15) is 0 Å². The maximum Gasteiger partial charge on any atom is 0.271 e. The van der Waals surface area contributed by atoms with Gasteiger partial charge in [0.25, 0.3) is 5.69 Å². The van der Waals surface area contributed by atoms with Gasteiger partial charge in [-0.15, -0.1) is 0 Å². The van der Waals surface area contributed by atoms with Gasteiger partial charge in [0, 0.05) is 36.3 Å². The SMILES string of the molecule is CC(CC(=O)Nc1cccc([N+](=O)[O-])c1)NC(CO)CC(C)(C)C. The smallest absolute Gasteiger partial charge is 0.271 e. The number of anilines is 1. The molecule has 0 aromatic heterocycles. The number of aliphatic hydroxyl groups excluding tert-OH is 1. The van der Waals surface area contributed by atoms with Crippen LogP contribution in [-0.4, -0.2) is 34.6 Å². The number of nitro benzene ring substituents is 1. The van der Waals surface area contributed by atoms with Gasteiger partial charge < -0.3 is 15.7 Å². The molecule has 0 spiro atoms. The van der Waals surface area contributed by atoms with E-state index in [0.717, 1.165) is 6.42 Å². The molecule has 0 saturated carbocycles. The fourth-order valence-electron chi connectivity index (χ4n) is 2.56. The summed E-state index contributed by atoms with van der Waals surface area (Å²) in [5.74, 6) is -0.233. The van der Waals surface area contributed by atoms with Crippen molar-refractivity contribution in [3.8, 4) is 0 Å². The fraction of sp³-hybridized carbons (Fsp3) is 0.588. The average molecular weight is 337 g/mol. The number of rotatable bonds is 8. The predicted molar refractivity (Wildman–Crippen MR) is 93.9 cm³/mol. The van der Waals surface area contributed by atoms with E-state index in [1.807, 2.05) is 6.92 Å². The molecule has 134 valence electrons. The molecule has 0 radical (unpaired) electrons. The second-order valence-corrected chi connectivity index (χ2v) is 7.27. The van der Waals surface area contributed by atoms with Gasteiger partial charge in [-0.05, 0) is 24.8 Å². The summed E-state index contributed by atoms with van der Waals surface area (Å²) in [6, 6.07) is 5.64. The van der Waals surface area contributed by atoms with E-state index in [-0.39, 0.29) is 42.1 Å². The molecular formula is C17H27N3O4. The molecule has 0 aliphatic carbocycles. The molecule has 1 rings (SSSR count). The minimum Gasteiger partial charge on any atom is -0.395 e. The Morgan fingerprint density at radius 3 is 2.58 bits per heavy atom. The third-order valence-corrected chi connectivity index (χ3v) is 3.43. The van der Waals surface area contributed by atoms with Crippen LogP contribution in [0.2, 0.25) is 0 Å². The molecule has 7 nitrogen and oxygen atoms in total. The van der Waals surface area contributed by atoms with Gasteiger partial charge in [-0.1, -0.05) is 26.8 Å². The van der Waals surface area contributed by atoms with Crippen LogP contribution >= 0.6 is 0 Å². The molecule has 7 heteroatoms. The van der Waals surface area contributed by atoms with Crippen LogP contribution in [0.5, 0.6) is 0 Å². The maximum atomic E-state index is 12.1. The normalized spacial score (nSPS) is 14.0. The summed E-state index contributed by atoms with van der Waals surface area (Å²) in [7, 11) is 0. The van der Waals surface area contributed by atoms with Gasteiger partial charge in [0.15, 0.2) is 0 Å². The minimum atomic E-state index is -0.502. The molecule has 0 aliphatic rings. The number of non-ortho nitro benzene ring substituents is 1. The number of hydrogen-bond donors (Lipinski definition) is 3. The van der Waals surface area contributed by atoms with Crippen LogP contribution < -0.4 is 10.6 Å². The summed E-state index contributed by atoms with van der Waals surface area (Å²) in [4.78, 5) is 22.3. The summed E-state index contributed by atoms with van der Waals surface area (Å²) >= 11 is 0. The average Bonchev–Trinajstić information content (AvgIpc) is 2.44. The largest absolute Gasteiger partial charge is 0.395 e. The molecule has 0 fully saturated rings. The van der Waals surface area contributed by atoms with Gasteiger partial charge >= 0.3 is 0 Å². The summed E-state index contributed by atoms with van der Waals surface area (Å²) in [5.41, 5.74) is 0.407. The number of carbonyl (C=O) groups is 1. The third kappa shape index (κ3) is 7.52. The number of nitro groups is 1. The molecule has 0 heterocycles. The summed E-state index contributed by atoms with van der Waals surface area (Å²) < 4.78 is 0. The van der Waals surface area contributed by atoms with Gasteiger partial charge in [-0.2, -0.15) is 0 Å². The highest BCUT2D eigenvalue weighted by Gasteiger charge is 2.20. The van der Waals surface area contributed by atoms with Crippen LogP contribution in [0.4, 0.5) is 11.4 Å². The van der Waals surface area contributed by atoms with Crippen molar-refractivity contribution in [3.63, 3.8) is 0 Å². The Bertz CT molecular complexity index is 569. The van der Waals surface area contributed by atoms with E-state index < -0.39 is 4.92 Å². The number of carbonyl (C=O) groups excluding carboxylic acids is 1. The summed E-state index contributed by atoms with van der Waals surface area (Å²) in [6.07, 6.45) is 1.00. The number of amides is 1. The van der Waals surface area contributed by atoms with Crippen molar-refractivity contribution in [1.82, 2.24) is 5.32 Å². The van der Waals surface area contributed by atoms with Crippen LogP contribution in [0.3, 0.4) is 0 Å². The van der Waals surface area contributed by atoms with Gasteiger partial charge in [0.05, 0.1) is 11.5 Å². The lowest BCUT2D eigenvalue weighted by Crippen LogP contribution is -2.42. The molecule has 1 aromatic carbocycles. The molecule has 1 amide bonds. The van der Waals surface area contributed by atoms with Gasteiger partial charge in [0.2, 0.25) is 5.91 Å². The Labute approximate surface area is 142 Å². The van der Waals surface area contributed by atoms with E-state index in [9.17, 15) is 20.0 Å². The number of hydrogen-bond acceptors (Lipinski definition) is 5. The first-order valence-corrected chi connectivity index (χ1v) is 8.02. The first kappa shape index (κ1) is 20.1. The minimum absolute atomic E-state index is 0.00804. The third-order valence-electron chi connectivity index (χ3n) is 3.43. The number of nitrogens with zero attached hydrogens (tertiary/aromatic N) is 1. The zero-order chi connectivity index (χ0) is 18.3. The van der Waals surface area contributed by atoms with E-state index in [1.54, 1.807) is 6.07 Å². The monoisotopic (exact) mass is 337 g/mol. The Morgan fingerprint density at radius 2 is 2.04 bits per heavy atom. The summed E-state index contributed by atoms with van der Waals surface area (Å²) in [5, 5.41) is 26.1. The fourth-order valence-corrected chi connectivity index (χ4v) is 2.56. The van der Waals surface area contributed by atoms with Crippen LogP contribution in [0.25, 0.3) is 0 Å². The highest BCUT2D eigenvalue weighted by molar-refractivity contribution is 5.91. The van der Waals surface area contributed by atoms with E-state index in [1.165, 1.54) is 18.2 Å². The lowest BCUT2D eigenvalue weighted by Gasteiger charge is -2.28. The van der Waals surface area contributed by atoms with Crippen molar-refractivity contribution in [3.05, 3.63) is 34.4 Å². The Hall–Kier alpha value is -1.99. The Kier molecular flexibility index (Phi) is 7.31. The topological polar surface area (TPSA) is 104 Å². The lowest BCUT2D eigenvalue weighted by molar-refractivity contribution is -0.384. The molecule has 3 N–H and O–H groups in total. The van der Waals surface area contributed by atoms with Crippen molar-refractivity contribution in [2.24, 2.45) is 5.41 Å². The van der Waals surface area contributed by atoms with Crippen molar-refractivity contribution in [2.75, 3.05) is 11.9 Å². The van der Waals surface area contributed by atoms with E-state index >= 15 is 0 Å². The Balaban J connectivity index is 2.54. The molecule has 0 bridgehead atoms. The van der Waals surface area contributed by atoms with Crippen molar-refractivity contribution in [1.29, 1.82) is 0 Å². The predicted octanol–water partition coefficient (Wildman–Crippen LogP) is 2.70. The first-order valence-electron chi connectivity index (χ1n) is 8.02. The standard InChI is InChI=1S/C17H27N3O4/c1-12(18-14(11-21)10-17(2,3)4)8-16(22)19-13-6-5-7-15(9-13)20(23)24/h5-7,9,12,14,18,21H,8,10-11H2,1-4H3,(H,19,22). The molecule has 24 heavy (non-hydrogen) atoms. The summed E-state index contributed by atoms with van der Waals surface area (Å²) in [6.45, 7) is 8.16. The molecule has 0 saturated heterocycles. The van der Waals surface area contributed by atoms with Crippen molar-refractivity contribution < 1.29 is 14.8 Å². The quantitative estimate of drug-likeness (QED) is 0.500. The van der Waals surface area contributed by atoms with Crippen LogP contribution in [0.15, 0.2) is 24.3 Å². The zero-order valence-electron chi connectivity index (χ0n) is 14.7. The lowest BCUT2D eigenvalue weighted by atomic mass is 9.88. The highest BCUT2D eigenvalue weighted by atomic mass is 16.6.